The van der Waals surface area contributed by atoms with E-state index in [-0.39, 0.29) is 0 Å². The zero-order valence-electron chi connectivity index (χ0n) is 15.6. The molecule has 9 heteroatoms. The van der Waals surface area contributed by atoms with E-state index >= 15 is 0 Å². The molecule has 0 unspecified atom stereocenters. The second kappa shape index (κ2) is 6.53. The van der Waals surface area contributed by atoms with Crippen LogP contribution in [0.4, 0.5) is 5.82 Å². The summed E-state index contributed by atoms with van der Waals surface area (Å²) < 4.78 is 8.64. The number of ether oxygens (including phenoxy) is 1. The van der Waals surface area contributed by atoms with Gasteiger partial charge >= 0.3 is 0 Å². The molecule has 1 fully saturated rings. The van der Waals surface area contributed by atoms with Gasteiger partial charge in [-0.1, -0.05) is 11.8 Å². The fourth-order valence-corrected chi connectivity index (χ4v) is 6.11. The van der Waals surface area contributed by atoms with Crippen LogP contribution < -0.4 is 4.90 Å². The van der Waals surface area contributed by atoms with Crippen LogP contribution in [0.25, 0.3) is 26.1 Å². The maximum absolute atomic E-state index is 5.57. The number of aryl methyl sites for hydroxylation is 1. The Bertz CT molecular complexity index is 1210. The lowest BCUT2D eigenvalue weighted by Crippen LogP contribution is -2.37. The van der Waals surface area contributed by atoms with Crippen molar-refractivity contribution in [3.8, 4) is 0 Å². The molecule has 0 bridgehead atoms. The van der Waals surface area contributed by atoms with Gasteiger partial charge in [0.05, 0.1) is 18.7 Å². The minimum atomic E-state index is 0.778. The Morgan fingerprint density at radius 2 is 1.93 bits per heavy atom. The van der Waals surface area contributed by atoms with Crippen molar-refractivity contribution in [1.82, 2.24) is 24.6 Å². The molecule has 2 aliphatic rings. The number of aromatic nitrogens is 5. The molecule has 4 aromatic heterocycles. The van der Waals surface area contributed by atoms with Crippen LogP contribution in [0, 0.1) is 0 Å². The smallest absolute Gasteiger partial charge is 0.182 e. The second-order valence-electron chi connectivity index (χ2n) is 7.28. The van der Waals surface area contributed by atoms with Crippen molar-refractivity contribution in [1.29, 1.82) is 0 Å². The van der Waals surface area contributed by atoms with E-state index in [1.807, 2.05) is 10.7 Å². The highest BCUT2D eigenvalue weighted by molar-refractivity contribution is 7.98. The zero-order chi connectivity index (χ0) is 18.7. The summed E-state index contributed by atoms with van der Waals surface area (Å²) in [5.74, 6) is 1.17. The Morgan fingerprint density at radius 1 is 1.11 bits per heavy atom. The summed E-state index contributed by atoms with van der Waals surface area (Å²) in [5.41, 5.74) is 4.81. The number of anilines is 1. The van der Waals surface area contributed by atoms with Gasteiger partial charge < -0.3 is 9.64 Å². The van der Waals surface area contributed by atoms with Gasteiger partial charge in [-0.2, -0.15) is 0 Å². The van der Waals surface area contributed by atoms with Gasteiger partial charge in [0.15, 0.2) is 10.8 Å². The van der Waals surface area contributed by atoms with Crippen LogP contribution in [0.1, 0.15) is 24.0 Å². The molecule has 4 aromatic rings. The van der Waals surface area contributed by atoms with Gasteiger partial charge in [0.2, 0.25) is 0 Å². The first-order valence-corrected chi connectivity index (χ1v) is 11.7. The molecule has 0 aromatic carbocycles. The Kier molecular flexibility index (Phi) is 3.95. The SMILES string of the molecule is CSc1nc2c(sc3nc(N4CCOCC4)c4c(c32)CCCC4)c2nncn12. The summed E-state index contributed by atoms with van der Waals surface area (Å²) in [7, 11) is 0. The fourth-order valence-electron chi connectivity index (χ4n) is 4.47. The van der Waals surface area contributed by atoms with Crippen molar-refractivity contribution in [3.63, 3.8) is 0 Å². The fraction of sp³-hybridized carbons (Fsp3) is 0.474. The third-order valence-corrected chi connectivity index (χ3v) is 7.49. The van der Waals surface area contributed by atoms with Crippen molar-refractivity contribution in [2.24, 2.45) is 0 Å². The molecule has 0 atom stereocenters. The first-order valence-electron chi connectivity index (χ1n) is 9.69. The van der Waals surface area contributed by atoms with Crippen LogP contribution in [-0.4, -0.2) is 57.1 Å². The van der Waals surface area contributed by atoms with Crippen molar-refractivity contribution < 1.29 is 4.74 Å². The van der Waals surface area contributed by atoms with Gasteiger partial charge in [-0.05, 0) is 43.1 Å². The minimum Gasteiger partial charge on any atom is -0.378 e. The molecule has 7 nitrogen and oxygen atoms in total. The van der Waals surface area contributed by atoms with Crippen molar-refractivity contribution in [2.75, 3.05) is 37.5 Å². The predicted molar refractivity (Wildman–Crippen MR) is 113 cm³/mol. The van der Waals surface area contributed by atoms with Crippen molar-refractivity contribution in [2.45, 2.75) is 30.8 Å². The molecule has 1 aliphatic heterocycles. The third kappa shape index (κ3) is 2.39. The number of fused-ring (bicyclic) bond motifs is 7. The quantitative estimate of drug-likeness (QED) is 0.369. The highest BCUT2D eigenvalue weighted by atomic mass is 32.2. The summed E-state index contributed by atoms with van der Waals surface area (Å²) >= 11 is 3.33. The number of thioether (sulfide) groups is 1. The average Bonchev–Trinajstić information content (AvgIpc) is 3.37. The van der Waals surface area contributed by atoms with Gasteiger partial charge in [-0.15, -0.1) is 21.5 Å². The van der Waals surface area contributed by atoms with Crippen LogP contribution in [-0.2, 0) is 17.6 Å². The number of pyridine rings is 1. The lowest BCUT2D eigenvalue weighted by Gasteiger charge is -2.31. The number of hydrogen-bond acceptors (Lipinski definition) is 8. The normalized spacial score (nSPS) is 17.7. The van der Waals surface area contributed by atoms with Crippen LogP contribution in [0.15, 0.2) is 11.5 Å². The van der Waals surface area contributed by atoms with Gasteiger partial charge in [-0.3, -0.25) is 4.40 Å². The van der Waals surface area contributed by atoms with Crippen LogP contribution in [0.3, 0.4) is 0 Å². The highest BCUT2D eigenvalue weighted by Gasteiger charge is 2.27. The van der Waals surface area contributed by atoms with Crippen molar-refractivity contribution >= 4 is 55.0 Å². The highest BCUT2D eigenvalue weighted by Crippen LogP contribution is 2.42. The molecule has 0 radical (unpaired) electrons. The van der Waals surface area contributed by atoms with Gasteiger partial charge in [-0.25, -0.2) is 9.97 Å². The van der Waals surface area contributed by atoms with E-state index in [9.17, 15) is 0 Å². The third-order valence-electron chi connectivity index (χ3n) is 5.77. The van der Waals surface area contributed by atoms with Gasteiger partial charge in [0.25, 0.3) is 0 Å². The summed E-state index contributed by atoms with van der Waals surface area (Å²) in [6.45, 7) is 3.39. The maximum atomic E-state index is 5.57. The molecule has 1 aliphatic carbocycles. The average molecular weight is 413 g/mol. The largest absolute Gasteiger partial charge is 0.378 e. The number of morpholine rings is 1. The molecular weight excluding hydrogens is 392 g/mol. The lowest BCUT2D eigenvalue weighted by atomic mass is 9.90. The Morgan fingerprint density at radius 3 is 2.75 bits per heavy atom. The standard InChI is InChI=1S/C19H20N6OS2/c1-27-19-21-14-13-11-4-2-3-5-12(11)16(24-6-8-26-9-7-24)22-18(13)28-15(14)17-23-20-10-25(17)19/h10H,2-9H2,1H3. The maximum Gasteiger partial charge on any atom is 0.182 e. The molecule has 1 saturated heterocycles. The molecule has 5 heterocycles. The zero-order valence-corrected chi connectivity index (χ0v) is 17.3. The van der Waals surface area contributed by atoms with Crippen LogP contribution in [0.5, 0.6) is 0 Å². The van der Waals surface area contributed by atoms with E-state index in [0.717, 1.165) is 65.0 Å². The Balaban J connectivity index is 1.70. The van der Waals surface area contributed by atoms with Gasteiger partial charge in [0, 0.05) is 18.5 Å². The second-order valence-corrected chi connectivity index (χ2v) is 9.05. The van der Waals surface area contributed by atoms with Crippen molar-refractivity contribution in [3.05, 3.63) is 17.5 Å². The minimum absolute atomic E-state index is 0.778. The van der Waals surface area contributed by atoms with E-state index < -0.39 is 0 Å². The molecule has 6 rings (SSSR count). The summed E-state index contributed by atoms with van der Waals surface area (Å²) in [6.07, 6.45) is 8.47. The van der Waals surface area contributed by atoms with Crippen LogP contribution >= 0.6 is 23.1 Å². The molecule has 28 heavy (non-hydrogen) atoms. The van der Waals surface area contributed by atoms with E-state index in [4.69, 9.17) is 14.7 Å². The molecular formula is C19H20N6OS2. The number of thiophene rings is 1. The molecule has 0 saturated carbocycles. The van der Waals surface area contributed by atoms with Gasteiger partial charge in [0.1, 0.15) is 21.7 Å². The Labute approximate surface area is 170 Å². The van der Waals surface area contributed by atoms with E-state index in [0.29, 0.717) is 0 Å². The number of rotatable bonds is 2. The topological polar surface area (TPSA) is 68.4 Å². The predicted octanol–water partition coefficient (Wildman–Crippen LogP) is 3.32. The molecule has 0 spiro atoms. The molecule has 144 valence electrons. The Hall–Kier alpha value is -1.97. The molecule has 0 amide bonds. The first-order chi connectivity index (χ1) is 13.8. The number of nitrogens with zero attached hydrogens (tertiary/aromatic N) is 6. The molecule has 0 N–H and O–H groups in total. The first kappa shape index (κ1) is 16.9. The summed E-state index contributed by atoms with van der Waals surface area (Å²) in [4.78, 5) is 13.7. The number of hydrogen-bond donors (Lipinski definition) is 0. The summed E-state index contributed by atoms with van der Waals surface area (Å²) in [6, 6.07) is 0. The van der Waals surface area contributed by atoms with E-state index in [1.165, 1.54) is 35.2 Å². The van der Waals surface area contributed by atoms with E-state index in [1.54, 1.807) is 29.4 Å². The monoisotopic (exact) mass is 412 g/mol. The summed E-state index contributed by atoms with van der Waals surface area (Å²) in [5, 5.41) is 10.7. The lowest BCUT2D eigenvalue weighted by molar-refractivity contribution is 0.122. The van der Waals surface area contributed by atoms with Crippen LogP contribution in [0.2, 0.25) is 0 Å². The van der Waals surface area contributed by atoms with E-state index in [2.05, 4.69) is 15.1 Å².